The van der Waals surface area contributed by atoms with Crippen LogP contribution in [0.5, 0.6) is 0 Å². The van der Waals surface area contributed by atoms with Crippen molar-refractivity contribution in [1.29, 1.82) is 0 Å². The van der Waals surface area contributed by atoms with Gasteiger partial charge in [0, 0.05) is 6.04 Å². The molecule has 1 aromatic heterocycles. The molecule has 1 heterocycles. The van der Waals surface area contributed by atoms with Gasteiger partial charge in [-0.1, -0.05) is 30.3 Å². The maximum Gasteiger partial charge on any atom is 0.407 e. The van der Waals surface area contributed by atoms with E-state index in [0.717, 1.165) is 5.56 Å². The average Bonchev–Trinajstić information content (AvgIpc) is 2.86. The molecule has 0 radical (unpaired) electrons. The fourth-order valence-electron chi connectivity index (χ4n) is 2.08. The maximum atomic E-state index is 11.8. The summed E-state index contributed by atoms with van der Waals surface area (Å²) in [6, 6.07) is 9.03. The number of anilines is 1. The van der Waals surface area contributed by atoms with Gasteiger partial charge in [0.1, 0.15) is 12.3 Å². The van der Waals surface area contributed by atoms with Crippen LogP contribution in [-0.4, -0.2) is 27.8 Å². The highest BCUT2D eigenvalue weighted by atomic mass is 16.5. The van der Waals surface area contributed by atoms with E-state index in [4.69, 9.17) is 16.2 Å². The first-order valence-corrected chi connectivity index (χ1v) is 7.05. The van der Waals surface area contributed by atoms with Gasteiger partial charge in [-0.3, -0.25) is 9.48 Å². The van der Waals surface area contributed by atoms with Crippen molar-refractivity contribution in [2.24, 2.45) is 5.73 Å². The topological polar surface area (TPSA) is 125 Å². The van der Waals surface area contributed by atoms with Crippen molar-refractivity contribution in [2.75, 3.05) is 5.73 Å². The van der Waals surface area contributed by atoms with Crippen LogP contribution in [-0.2, 0) is 17.9 Å². The number of rotatable bonds is 6. The number of nitrogens with zero attached hydrogens (tertiary/aromatic N) is 2. The lowest BCUT2D eigenvalue weighted by Crippen LogP contribution is -2.37. The molecule has 0 bridgehead atoms. The summed E-state index contributed by atoms with van der Waals surface area (Å²) in [6.07, 6.45) is 0.794. The Hall–Kier alpha value is -3.03. The Morgan fingerprint density at radius 1 is 1.35 bits per heavy atom. The summed E-state index contributed by atoms with van der Waals surface area (Å²) < 4.78 is 6.48. The van der Waals surface area contributed by atoms with Gasteiger partial charge in [-0.05, 0) is 12.5 Å². The quantitative estimate of drug-likeness (QED) is 0.729. The first-order chi connectivity index (χ1) is 11.0. The number of primary amides is 1. The molecule has 2 rings (SSSR count). The molecule has 5 N–H and O–H groups in total. The van der Waals surface area contributed by atoms with Crippen LogP contribution in [0.15, 0.2) is 36.5 Å². The van der Waals surface area contributed by atoms with Crippen LogP contribution in [0, 0.1) is 0 Å². The van der Waals surface area contributed by atoms with Crippen molar-refractivity contribution in [3.63, 3.8) is 0 Å². The summed E-state index contributed by atoms with van der Waals surface area (Å²) in [7, 11) is 0. The zero-order valence-electron chi connectivity index (χ0n) is 12.7. The monoisotopic (exact) mass is 317 g/mol. The zero-order valence-corrected chi connectivity index (χ0v) is 12.7. The second kappa shape index (κ2) is 7.30. The van der Waals surface area contributed by atoms with Crippen LogP contribution in [0.2, 0.25) is 0 Å². The smallest absolute Gasteiger partial charge is 0.407 e. The number of nitrogens with one attached hydrogen (secondary N) is 1. The number of aromatic nitrogens is 2. The SMILES string of the molecule is CC(Cn1ncc(N)c1C(N)=O)NC(=O)OCc1ccccc1. The number of nitrogen functional groups attached to an aromatic ring is 1. The third kappa shape index (κ3) is 4.47. The van der Waals surface area contributed by atoms with Gasteiger partial charge >= 0.3 is 6.09 Å². The Bertz CT molecular complexity index is 684. The summed E-state index contributed by atoms with van der Waals surface area (Å²) in [6.45, 7) is 2.18. The van der Waals surface area contributed by atoms with E-state index in [1.165, 1.54) is 10.9 Å². The van der Waals surface area contributed by atoms with Crippen molar-refractivity contribution in [1.82, 2.24) is 15.1 Å². The van der Waals surface area contributed by atoms with E-state index in [1.807, 2.05) is 30.3 Å². The van der Waals surface area contributed by atoms with Crippen LogP contribution in [0.4, 0.5) is 10.5 Å². The van der Waals surface area contributed by atoms with Gasteiger partial charge in [-0.15, -0.1) is 0 Å². The second-order valence-corrected chi connectivity index (χ2v) is 5.10. The molecule has 23 heavy (non-hydrogen) atoms. The Kier molecular flexibility index (Phi) is 5.19. The van der Waals surface area contributed by atoms with E-state index in [1.54, 1.807) is 6.92 Å². The van der Waals surface area contributed by atoms with Gasteiger partial charge in [0.2, 0.25) is 0 Å². The largest absolute Gasteiger partial charge is 0.445 e. The van der Waals surface area contributed by atoms with Crippen LogP contribution < -0.4 is 16.8 Å². The minimum absolute atomic E-state index is 0.122. The lowest BCUT2D eigenvalue weighted by atomic mass is 10.2. The summed E-state index contributed by atoms with van der Waals surface area (Å²) in [4.78, 5) is 23.1. The number of hydrogen-bond donors (Lipinski definition) is 3. The first kappa shape index (κ1) is 16.3. The van der Waals surface area contributed by atoms with E-state index in [0.29, 0.717) is 0 Å². The molecule has 1 atom stereocenters. The molecule has 1 unspecified atom stereocenters. The Morgan fingerprint density at radius 3 is 2.70 bits per heavy atom. The minimum Gasteiger partial charge on any atom is -0.445 e. The first-order valence-electron chi connectivity index (χ1n) is 7.05. The fourth-order valence-corrected chi connectivity index (χ4v) is 2.08. The lowest BCUT2D eigenvalue weighted by Gasteiger charge is -2.15. The molecular weight excluding hydrogens is 298 g/mol. The average molecular weight is 317 g/mol. The number of ether oxygens (including phenoxy) is 1. The van der Waals surface area contributed by atoms with Crippen molar-refractivity contribution >= 4 is 17.7 Å². The van der Waals surface area contributed by atoms with Crippen LogP contribution in [0.1, 0.15) is 23.0 Å². The normalized spacial score (nSPS) is 11.7. The second-order valence-electron chi connectivity index (χ2n) is 5.10. The molecule has 8 heteroatoms. The van der Waals surface area contributed by atoms with Crippen LogP contribution in [0.25, 0.3) is 0 Å². The third-order valence-electron chi connectivity index (χ3n) is 3.12. The van der Waals surface area contributed by atoms with Gasteiger partial charge < -0.3 is 21.5 Å². The van der Waals surface area contributed by atoms with Gasteiger partial charge in [-0.2, -0.15) is 5.10 Å². The molecule has 0 aliphatic rings. The number of benzene rings is 1. The highest BCUT2D eigenvalue weighted by Gasteiger charge is 2.17. The molecule has 8 nitrogen and oxygen atoms in total. The summed E-state index contributed by atoms with van der Waals surface area (Å²) in [5.74, 6) is -0.668. The molecule has 0 aliphatic carbocycles. The molecule has 0 saturated heterocycles. The standard InChI is InChI=1S/C15H19N5O3/c1-10(8-20-13(14(17)21)12(16)7-18-20)19-15(22)23-9-11-5-3-2-4-6-11/h2-7,10H,8-9,16H2,1H3,(H2,17,21)(H,19,22). The molecule has 2 amide bonds. The van der Waals surface area contributed by atoms with E-state index in [-0.39, 0.29) is 30.6 Å². The summed E-state index contributed by atoms with van der Waals surface area (Å²) in [5, 5.41) is 6.64. The molecule has 0 spiro atoms. The molecule has 0 aliphatic heterocycles. The number of nitrogens with two attached hydrogens (primary N) is 2. The Morgan fingerprint density at radius 2 is 2.04 bits per heavy atom. The minimum atomic E-state index is -0.668. The fraction of sp³-hybridized carbons (Fsp3) is 0.267. The van der Waals surface area contributed by atoms with Gasteiger partial charge in [0.25, 0.3) is 5.91 Å². The maximum absolute atomic E-state index is 11.8. The van der Waals surface area contributed by atoms with E-state index >= 15 is 0 Å². The van der Waals surface area contributed by atoms with Crippen molar-refractivity contribution < 1.29 is 14.3 Å². The number of carbonyl (C=O) groups excluding carboxylic acids is 2. The Labute approximate surface area is 133 Å². The third-order valence-corrected chi connectivity index (χ3v) is 3.12. The van der Waals surface area contributed by atoms with Gasteiger partial charge in [0.15, 0.2) is 0 Å². The molecular formula is C15H19N5O3. The van der Waals surface area contributed by atoms with Crippen LogP contribution in [0.3, 0.4) is 0 Å². The predicted octanol–water partition coefficient (Wildman–Crippen LogP) is 0.879. The van der Waals surface area contributed by atoms with Crippen molar-refractivity contribution in [3.05, 3.63) is 47.8 Å². The highest BCUT2D eigenvalue weighted by molar-refractivity contribution is 5.96. The van der Waals surface area contributed by atoms with Crippen molar-refractivity contribution in [2.45, 2.75) is 26.1 Å². The molecule has 0 fully saturated rings. The Balaban J connectivity index is 1.86. The van der Waals surface area contributed by atoms with Gasteiger partial charge in [-0.25, -0.2) is 4.79 Å². The molecule has 2 aromatic rings. The number of hydrogen-bond acceptors (Lipinski definition) is 5. The molecule has 1 aromatic carbocycles. The molecule has 122 valence electrons. The lowest BCUT2D eigenvalue weighted by molar-refractivity contribution is 0.0990. The van der Waals surface area contributed by atoms with E-state index in [2.05, 4.69) is 10.4 Å². The zero-order chi connectivity index (χ0) is 16.8. The van der Waals surface area contributed by atoms with E-state index in [9.17, 15) is 9.59 Å². The summed E-state index contributed by atoms with van der Waals surface area (Å²) in [5.41, 5.74) is 12.1. The van der Waals surface area contributed by atoms with E-state index < -0.39 is 12.0 Å². The predicted molar refractivity (Wildman–Crippen MR) is 84.4 cm³/mol. The summed E-state index contributed by atoms with van der Waals surface area (Å²) >= 11 is 0. The number of carbonyl (C=O) groups is 2. The van der Waals surface area contributed by atoms with Crippen LogP contribution >= 0.6 is 0 Å². The number of amides is 2. The number of alkyl carbamates (subject to hydrolysis) is 1. The highest BCUT2D eigenvalue weighted by Crippen LogP contribution is 2.10. The van der Waals surface area contributed by atoms with Gasteiger partial charge in [0.05, 0.1) is 18.4 Å². The van der Waals surface area contributed by atoms with Crippen molar-refractivity contribution in [3.8, 4) is 0 Å². The molecule has 0 saturated carbocycles.